The summed E-state index contributed by atoms with van der Waals surface area (Å²) in [6.07, 6.45) is 5.27. The summed E-state index contributed by atoms with van der Waals surface area (Å²) in [4.78, 5) is 29.6. The van der Waals surface area contributed by atoms with Gasteiger partial charge in [-0.05, 0) is 43.2 Å². The maximum Gasteiger partial charge on any atom is 0.357 e. The largest absolute Gasteiger partial charge is 0.461 e. The number of benzene rings is 2. The fourth-order valence-electron chi connectivity index (χ4n) is 4.07. The molecule has 0 spiro atoms. The third-order valence-electron chi connectivity index (χ3n) is 5.98. The maximum atomic E-state index is 13.0. The molecule has 0 atom stereocenters. The van der Waals surface area contributed by atoms with E-state index >= 15 is 0 Å². The number of urea groups is 1. The second kappa shape index (κ2) is 14.2. The number of aryl methyl sites for hydroxylation is 1. The van der Waals surface area contributed by atoms with E-state index in [0.29, 0.717) is 41.4 Å². The molecule has 0 saturated heterocycles. The fraction of sp³-hybridized carbons (Fsp3) is 0.393. The first-order valence-electron chi connectivity index (χ1n) is 13.0. The summed E-state index contributed by atoms with van der Waals surface area (Å²) in [6.45, 7) is 6.83. The van der Waals surface area contributed by atoms with Crippen molar-refractivity contribution in [3.8, 4) is 11.1 Å². The molecule has 0 fully saturated rings. The molecule has 210 valence electrons. The summed E-state index contributed by atoms with van der Waals surface area (Å²) in [5.41, 5.74) is 2.52. The van der Waals surface area contributed by atoms with E-state index in [2.05, 4.69) is 17.0 Å². The highest BCUT2D eigenvalue weighted by Gasteiger charge is 2.24. The fourth-order valence-corrected chi connectivity index (χ4v) is 5.82. The molecule has 39 heavy (non-hydrogen) atoms. The maximum absolute atomic E-state index is 13.0. The minimum atomic E-state index is -4.09. The van der Waals surface area contributed by atoms with Crippen LogP contribution in [0, 0.1) is 0 Å². The number of aromatic nitrogens is 2. The van der Waals surface area contributed by atoms with Gasteiger partial charge in [0.15, 0.2) is 5.69 Å². The number of amides is 2. The van der Waals surface area contributed by atoms with Gasteiger partial charge in [-0.1, -0.05) is 62.7 Å². The highest BCUT2D eigenvalue weighted by molar-refractivity contribution is 7.98. The predicted molar refractivity (Wildman–Crippen MR) is 154 cm³/mol. The van der Waals surface area contributed by atoms with Crippen molar-refractivity contribution in [1.82, 2.24) is 19.6 Å². The lowest BCUT2D eigenvalue weighted by Gasteiger charge is -2.14. The molecule has 0 aliphatic heterocycles. The summed E-state index contributed by atoms with van der Waals surface area (Å²) < 4.78 is 35.3. The van der Waals surface area contributed by atoms with Gasteiger partial charge in [0.05, 0.1) is 11.5 Å². The van der Waals surface area contributed by atoms with Crippen molar-refractivity contribution in [3.63, 3.8) is 0 Å². The van der Waals surface area contributed by atoms with Crippen molar-refractivity contribution >= 4 is 33.8 Å². The van der Waals surface area contributed by atoms with Gasteiger partial charge >= 0.3 is 12.0 Å². The van der Waals surface area contributed by atoms with Crippen molar-refractivity contribution in [2.24, 2.45) is 0 Å². The first-order valence-corrected chi connectivity index (χ1v) is 15.8. The Balaban J connectivity index is 1.93. The average Bonchev–Trinajstić information content (AvgIpc) is 3.28. The second-order valence-electron chi connectivity index (χ2n) is 8.85. The molecular formula is C28H36N4O5S2. The van der Waals surface area contributed by atoms with E-state index in [0.717, 1.165) is 30.7 Å². The zero-order chi connectivity index (χ0) is 28.4. The Morgan fingerprint density at radius 2 is 1.74 bits per heavy atom. The number of imidazole rings is 1. The van der Waals surface area contributed by atoms with Crippen molar-refractivity contribution in [2.45, 2.75) is 62.9 Å². The number of rotatable bonds is 13. The smallest absolute Gasteiger partial charge is 0.357 e. The van der Waals surface area contributed by atoms with Crippen molar-refractivity contribution in [2.75, 3.05) is 19.4 Å². The Bertz CT molecular complexity index is 1390. The van der Waals surface area contributed by atoms with E-state index in [9.17, 15) is 18.0 Å². The Morgan fingerprint density at radius 1 is 1.03 bits per heavy atom. The van der Waals surface area contributed by atoms with Crippen LogP contribution in [-0.4, -0.2) is 49.4 Å². The number of sulfonamides is 1. The molecule has 0 saturated carbocycles. The molecule has 2 amide bonds. The number of carbonyl (C=O) groups is 2. The van der Waals surface area contributed by atoms with Crippen LogP contribution in [0.25, 0.3) is 11.1 Å². The Kier molecular flexibility index (Phi) is 11.0. The molecular weight excluding hydrogens is 536 g/mol. The van der Waals surface area contributed by atoms with Crippen LogP contribution in [0.4, 0.5) is 4.79 Å². The number of hydrogen-bond donors (Lipinski definition) is 2. The zero-order valence-electron chi connectivity index (χ0n) is 22.8. The monoisotopic (exact) mass is 572 g/mol. The van der Waals surface area contributed by atoms with E-state index in [-0.39, 0.29) is 11.5 Å². The molecule has 0 aliphatic rings. The lowest BCUT2D eigenvalue weighted by atomic mass is 10.0. The van der Waals surface area contributed by atoms with E-state index in [1.54, 1.807) is 25.1 Å². The third kappa shape index (κ3) is 7.63. The quantitative estimate of drug-likeness (QED) is 0.212. The van der Waals surface area contributed by atoms with Gasteiger partial charge in [-0.3, -0.25) is 0 Å². The molecule has 1 aromatic heterocycles. The van der Waals surface area contributed by atoms with Gasteiger partial charge in [0, 0.05) is 25.1 Å². The van der Waals surface area contributed by atoms with Crippen molar-refractivity contribution < 1.29 is 22.7 Å². The lowest BCUT2D eigenvalue weighted by molar-refractivity contribution is 0.0509. The molecule has 9 nitrogen and oxygen atoms in total. The summed E-state index contributed by atoms with van der Waals surface area (Å²) in [5, 5.41) is 3.16. The Morgan fingerprint density at radius 3 is 2.38 bits per heavy atom. The summed E-state index contributed by atoms with van der Waals surface area (Å²) >= 11 is 1.42. The summed E-state index contributed by atoms with van der Waals surface area (Å²) in [6, 6.07) is 13.3. The van der Waals surface area contributed by atoms with Crippen LogP contribution in [0.2, 0.25) is 0 Å². The van der Waals surface area contributed by atoms with Gasteiger partial charge < -0.3 is 14.6 Å². The highest BCUT2D eigenvalue weighted by atomic mass is 32.2. The normalized spacial score (nSPS) is 11.3. The molecule has 2 aromatic carbocycles. The van der Waals surface area contributed by atoms with E-state index in [1.807, 2.05) is 42.0 Å². The Labute approximate surface area is 234 Å². The van der Waals surface area contributed by atoms with Crippen LogP contribution in [0.1, 0.15) is 61.9 Å². The van der Waals surface area contributed by atoms with Crippen LogP contribution < -0.4 is 10.0 Å². The Hall–Kier alpha value is -3.31. The van der Waals surface area contributed by atoms with E-state index in [1.165, 1.54) is 17.8 Å². The first kappa shape index (κ1) is 30.2. The zero-order valence-corrected chi connectivity index (χ0v) is 24.5. The minimum Gasteiger partial charge on any atom is -0.461 e. The summed E-state index contributed by atoms with van der Waals surface area (Å²) in [7, 11) is -4.09. The topological polar surface area (TPSA) is 119 Å². The number of carbonyl (C=O) groups excluding carboxylic acids is 2. The van der Waals surface area contributed by atoms with Crippen molar-refractivity contribution in [1.29, 1.82) is 0 Å². The minimum absolute atomic E-state index is 0.00932. The standard InChI is InChI=1S/C28H36N4O5S2/c1-5-8-13-24-30-26(38-4)25(27(33)37-7-3)32(24)19-20-14-16-21(17-15-20)22-11-9-10-12-23(22)39(35,36)31-28(34)29-18-6-2/h9-12,14-17H,5-8,13,18-19H2,1-4H3,(H2,29,31,34). The number of hydrogen-bond acceptors (Lipinski definition) is 7. The highest BCUT2D eigenvalue weighted by Crippen LogP contribution is 2.29. The van der Waals surface area contributed by atoms with Gasteiger partial charge in [0.2, 0.25) is 0 Å². The number of thioether (sulfide) groups is 1. The van der Waals surface area contributed by atoms with Gasteiger partial charge in [-0.2, -0.15) is 0 Å². The molecule has 11 heteroatoms. The number of nitrogens with one attached hydrogen (secondary N) is 2. The number of esters is 1. The van der Waals surface area contributed by atoms with E-state index < -0.39 is 22.0 Å². The van der Waals surface area contributed by atoms with E-state index in [4.69, 9.17) is 9.72 Å². The van der Waals surface area contributed by atoms with Crippen LogP contribution in [0.15, 0.2) is 58.5 Å². The van der Waals surface area contributed by atoms with Crippen LogP contribution in [0.3, 0.4) is 0 Å². The molecule has 0 aliphatic carbocycles. The number of nitrogens with zero attached hydrogens (tertiary/aromatic N) is 2. The van der Waals surface area contributed by atoms with Gasteiger partial charge in [0.25, 0.3) is 10.0 Å². The predicted octanol–water partition coefficient (Wildman–Crippen LogP) is 5.24. The number of unbranched alkanes of at least 4 members (excludes halogenated alkanes) is 1. The van der Waals surface area contributed by atoms with Gasteiger partial charge in [0.1, 0.15) is 10.9 Å². The molecule has 2 N–H and O–H groups in total. The number of ether oxygens (including phenoxy) is 1. The van der Waals surface area contributed by atoms with Crippen LogP contribution >= 0.6 is 11.8 Å². The molecule has 0 bridgehead atoms. The molecule has 0 radical (unpaired) electrons. The SMILES string of the molecule is CCCCc1nc(SC)c(C(=O)OCC)n1Cc1ccc(-c2ccccc2S(=O)(=O)NC(=O)NCCC)cc1. The molecule has 1 heterocycles. The molecule has 3 aromatic rings. The van der Waals surface area contributed by atoms with Crippen LogP contribution in [0.5, 0.6) is 0 Å². The first-order chi connectivity index (χ1) is 18.7. The van der Waals surface area contributed by atoms with Gasteiger partial charge in [-0.15, -0.1) is 11.8 Å². The molecule has 3 rings (SSSR count). The summed E-state index contributed by atoms with van der Waals surface area (Å²) in [5.74, 6) is 0.431. The van der Waals surface area contributed by atoms with Crippen molar-refractivity contribution in [3.05, 3.63) is 65.6 Å². The third-order valence-corrected chi connectivity index (χ3v) is 8.04. The lowest BCUT2D eigenvalue weighted by Crippen LogP contribution is -2.39. The molecule has 0 unspecified atom stereocenters. The average molecular weight is 573 g/mol. The van der Waals surface area contributed by atoms with Gasteiger partial charge in [-0.25, -0.2) is 27.7 Å². The van der Waals surface area contributed by atoms with Crippen LogP contribution in [-0.2, 0) is 27.7 Å². The second-order valence-corrected chi connectivity index (χ2v) is 11.3.